The van der Waals surface area contributed by atoms with Crippen molar-refractivity contribution in [3.63, 3.8) is 0 Å². The highest BCUT2D eigenvalue weighted by atomic mass is 16.1. The van der Waals surface area contributed by atoms with E-state index in [1.165, 1.54) is 5.56 Å². The second-order valence-corrected chi connectivity index (χ2v) is 2.16. The number of hydrogen-bond donors (Lipinski definition) is 0. The Balaban J connectivity index is 2.98. The lowest BCUT2D eigenvalue weighted by Gasteiger charge is -1.94. The standard InChI is InChI=1S/C9H9O/c1-2-8-4-3-5-9(6-8)7-10/h3-6H,2H2,1H3. The molecule has 0 amide bonds. The lowest BCUT2D eigenvalue weighted by Crippen LogP contribution is -1.83. The Morgan fingerprint density at radius 2 is 2.30 bits per heavy atom. The summed E-state index contributed by atoms with van der Waals surface area (Å²) in [6.45, 7) is 2.06. The van der Waals surface area contributed by atoms with Crippen molar-refractivity contribution in [1.29, 1.82) is 0 Å². The van der Waals surface area contributed by atoms with Gasteiger partial charge < -0.3 is 0 Å². The van der Waals surface area contributed by atoms with E-state index in [0.29, 0.717) is 5.56 Å². The number of aryl methyl sites for hydroxylation is 1. The van der Waals surface area contributed by atoms with E-state index in [4.69, 9.17) is 0 Å². The summed E-state index contributed by atoms with van der Waals surface area (Å²) < 4.78 is 0. The maximum atomic E-state index is 10.1. The Bertz CT molecular complexity index is 228. The van der Waals surface area contributed by atoms with Crippen molar-refractivity contribution in [2.75, 3.05) is 0 Å². The van der Waals surface area contributed by atoms with Crippen molar-refractivity contribution < 1.29 is 4.79 Å². The summed E-state index contributed by atoms with van der Waals surface area (Å²) in [4.78, 5) is 10.1. The maximum absolute atomic E-state index is 10.1. The van der Waals surface area contributed by atoms with Gasteiger partial charge in [0.25, 0.3) is 0 Å². The first-order valence-electron chi connectivity index (χ1n) is 3.34. The van der Waals surface area contributed by atoms with Crippen LogP contribution in [0.25, 0.3) is 0 Å². The van der Waals surface area contributed by atoms with Crippen LogP contribution in [0.15, 0.2) is 24.3 Å². The molecule has 0 atom stereocenters. The minimum atomic E-state index is 0.638. The fraction of sp³-hybridized carbons (Fsp3) is 0.222. The van der Waals surface area contributed by atoms with E-state index in [1.807, 2.05) is 24.5 Å². The molecular weight excluding hydrogens is 124 g/mol. The topological polar surface area (TPSA) is 17.1 Å². The Morgan fingerprint density at radius 1 is 1.50 bits per heavy atom. The van der Waals surface area contributed by atoms with Gasteiger partial charge in [0.05, 0.1) is 0 Å². The molecule has 10 heavy (non-hydrogen) atoms. The van der Waals surface area contributed by atoms with Gasteiger partial charge in [0.15, 0.2) is 0 Å². The van der Waals surface area contributed by atoms with Crippen molar-refractivity contribution in [2.45, 2.75) is 13.3 Å². The van der Waals surface area contributed by atoms with Crippen LogP contribution in [0.5, 0.6) is 0 Å². The molecule has 0 heterocycles. The lowest BCUT2D eigenvalue weighted by atomic mass is 10.1. The van der Waals surface area contributed by atoms with Crippen molar-refractivity contribution in [1.82, 2.24) is 0 Å². The molecule has 0 aliphatic rings. The molecule has 0 unspecified atom stereocenters. The van der Waals surface area contributed by atoms with Gasteiger partial charge in [-0.3, -0.25) is 4.79 Å². The molecule has 1 nitrogen and oxygen atoms in total. The molecule has 1 rings (SSSR count). The fourth-order valence-electron chi connectivity index (χ4n) is 0.855. The van der Waals surface area contributed by atoms with Gasteiger partial charge in [0, 0.05) is 5.56 Å². The normalized spacial score (nSPS) is 9.30. The summed E-state index contributed by atoms with van der Waals surface area (Å²) in [5.74, 6) is 0. The number of hydrogen-bond acceptors (Lipinski definition) is 1. The van der Waals surface area contributed by atoms with E-state index >= 15 is 0 Å². The van der Waals surface area contributed by atoms with Crippen LogP contribution >= 0.6 is 0 Å². The Labute approximate surface area is 60.7 Å². The predicted molar refractivity (Wildman–Crippen MR) is 40.6 cm³/mol. The first-order chi connectivity index (χ1) is 4.86. The average molecular weight is 133 g/mol. The zero-order valence-electron chi connectivity index (χ0n) is 5.92. The van der Waals surface area contributed by atoms with Gasteiger partial charge in [0.2, 0.25) is 6.29 Å². The predicted octanol–water partition coefficient (Wildman–Crippen LogP) is 1.71. The van der Waals surface area contributed by atoms with Gasteiger partial charge >= 0.3 is 0 Å². The van der Waals surface area contributed by atoms with Gasteiger partial charge in [-0.1, -0.05) is 25.1 Å². The highest BCUT2D eigenvalue weighted by Gasteiger charge is 1.90. The summed E-state index contributed by atoms with van der Waals surface area (Å²) >= 11 is 0. The molecular formula is C9H9O. The first kappa shape index (κ1) is 7.00. The molecule has 0 aromatic heterocycles. The largest absolute Gasteiger partial charge is 0.285 e. The molecule has 1 radical (unpaired) electrons. The maximum Gasteiger partial charge on any atom is 0.233 e. The van der Waals surface area contributed by atoms with Gasteiger partial charge in [-0.2, -0.15) is 0 Å². The monoisotopic (exact) mass is 133 g/mol. The molecule has 1 heteroatoms. The highest BCUT2D eigenvalue weighted by molar-refractivity contribution is 5.75. The van der Waals surface area contributed by atoms with Crippen LogP contribution in [0, 0.1) is 0 Å². The van der Waals surface area contributed by atoms with Crippen LogP contribution in [-0.4, -0.2) is 6.29 Å². The third kappa shape index (κ3) is 1.44. The molecule has 0 N–H and O–H groups in total. The second kappa shape index (κ2) is 3.16. The van der Waals surface area contributed by atoms with Gasteiger partial charge in [-0.25, -0.2) is 0 Å². The molecule has 0 saturated carbocycles. The van der Waals surface area contributed by atoms with Crippen molar-refractivity contribution in [3.8, 4) is 0 Å². The van der Waals surface area contributed by atoms with E-state index in [9.17, 15) is 4.79 Å². The smallest absolute Gasteiger partial charge is 0.233 e. The summed E-state index contributed by atoms with van der Waals surface area (Å²) in [6, 6.07) is 7.49. The number of rotatable bonds is 2. The molecule has 1 aromatic rings. The van der Waals surface area contributed by atoms with Crippen molar-refractivity contribution >= 4 is 6.29 Å². The van der Waals surface area contributed by atoms with Gasteiger partial charge in [-0.15, -0.1) is 0 Å². The molecule has 0 saturated heterocycles. The molecule has 0 bridgehead atoms. The third-order valence-electron chi connectivity index (χ3n) is 1.45. The molecule has 0 spiro atoms. The van der Waals surface area contributed by atoms with Crippen LogP contribution in [0.3, 0.4) is 0 Å². The minimum Gasteiger partial charge on any atom is -0.285 e. The summed E-state index contributed by atoms with van der Waals surface area (Å²) in [6.07, 6.45) is 2.82. The van der Waals surface area contributed by atoms with Gasteiger partial charge in [-0.05, 0) is 18.1 Å². The Morgan fingerprint density at radius 3 is 2.90 bits per heavy atom. The zero-order chi connectivity index (χ0) is 7.40. The third-order valence-corrected chi connectivity index (χ3v) is 1.45. The SMILES string of the molecule is CCc1cccc([C]=O)c1. The summed E-state index contributed by atoms with van der Waals surface area (Å²) in [5, 5.41) is 0. The Hall–Kier alpha value is -1.11. The van der Waals surface area contributed by atoms with Crippen LogP contribution in [0.1, 0.15) is 18.1 Å². The highest BCUT2D eigenvalue weighted by Crippen LogP contribution is 2.02. The average Bonchev–Trinajstić information content (AvgIpc) is 2.05. The Kier molecular flexibility index (Phi) is 2.21. The lowest BCUT2D eigenvalue weighted by molar-refractivity contribution is 0.562. The van der Waals surface area contributed by atoms with Crippen LogP contribution in [0.4, 0.5) is 0 Å². The van der Waals surface area contributed by atoms with Gasteiger partial charge in [0.1, 0.15) is 0 Å². The van der Waals surface area contributed by atoms with Crippen LogP contribution in [-0.2, 0) is 11.2 Å². The summed E-state index contributed by atoms with van der Waals surface area (Å²) in [7, 11) is 0. The number of carbonyl (C=O) groups excluding carboxylic acids is 1. The second-order valence-electron chi connectivity index (χ2n) is 2.16. The van der Waals surface area contributed by atoms with Crippen LogP contribution < -0.4 is 0 Å². The first-order valence-corrected chi connectivity index (χ1v) is 3.34. The van der Waals surface area contributed by atoms with E-state index in [2.05, 4.69) is 6.92 Å². The molecule has 0 fully saturated rings. The fourth-order valence-corrected chi connectivity index (χ4v) is 0.855. The van der Waals surface area contributed by atoms with E-state index < -0.39 is 0 Å². The van der Waals surface area contributed by atoms with E-state index in [-0.39, 0.29) is 0 Å². The minimum absolute atomic E-state index is 0.638. The summed E-state index contributed by atoms with van der Waals surface area (Å²) in [5.41, 5.74) is 1.82. The quantitative estimate of drug-likeness (QED) is 0.600. The van der Waals surface area contributed by atoms with Crippen molar-refractivity contribution in [2.24, 2.45) is 0 Å². The molecule has 0 aliphatic carbocycles. The molecule has 51 valence electrons. The van der Waals surface area contributed by atoms with E-state index in [1.54, 1.807) is 6.07 Å². The molecule has 0 aliphatic heterocycles. The van der Waals surface area contributed by atoms with E-state index in [0.717, 1.165) is 6.42 Å². The van der Waals surface area contributed by atoms with Crippen molar-refractivity contribution in [3.05, 3.63) is 35.4 Å². The number of benzene rings is 1. The van der Waals surface area contributed by atoms with Crippen LogP contribution in [0.2, 0.25) is 0 Å². The zero-order valence-corrected chi connectivity index (χ0v) is 5.92. The molecule has 1 aromatic carbocycles.